The normalized spacial score (nSPS) is 16.9. The third-order valence-electron chi connectivity index (χ3n) is 4.00. The summed E-state index contributed by atoms with van der Waals surface area (Å²) in [6.07, 6.45) is 1.09. The second kappa shape index (κ2) is 13.1. The summed E-state index contributed by atoms with van der Waals surface area (Å²) in [7, 11) is 2.63. The fraction of sp³-hybridized carbons (Fsp3) is 0.938. The second-order valence-corrected chi connectivity index (χ2v) is 8.84. The van der Waals surface area contributed by atoms with E-state index in [1.165, 1.54) is 0 Å². The van der Waals surface area contributed by atoms with Gasteiger partial charge in [0, 0.05) is 39.8 Å². The van der Waals surface area contributed by atoms with Crippen LogP contribution in [-0.4, -0.2) is 107 Å². The van der Waals surface area contributed by atoms with E-state index in [1.807, 2.05) is 13.8 Å². The Labute approximate surface area is 176 Å². The zero-order valence-electron chi connectivity index (χ0n) is 16.8. The lowest BCUT2D eigenvalue weighted by molar-refractivity contribution is 0.0904. The molecule has 0 bridgehead atoms. The fourth-order valence-electron chi connectivity index (χ4n) is 2.62. The minimum atomic E-state index is -3.25. The summed E-state index contributed by atoms with van der Waals surface area (Å²) in [5.41, 5.74) is 0. The molecular weight excluding hydrogens is 469 g/mol. The molecule has 0 aromatic heterocycles. The summed E-state index contributed by atoms with van der Waals surface area (Å²) in [6, 6.07) is 0. The van der Waals surface area contributed by atoms with Gasteiger partial charge in [-0.15, -0.1) is 24.0 Å². The van der Waals surface area contributed by atoms with Crippen LogP contribution >= 0.6 is 24.0 Å². The molecule has 156 valence electrons. The number of guanidine groups is 1. The molecule has 0 spiro atoms. The van der Waals surface area contributed by atoms with Crippen molar-refractivity contribution in [2.45, 2.75) is 26.4 Å². The molecule has 1 heterocycles. The maximum atomic E-state index is 12.4. The van der Waals surface area contributed by atoms with Gasteiger partial charge in [0.25, 0.3) is 0 Å². The van der Waals surface area contributed by atoms with Crippen LogP contribution < -0.4 is 5.32 Å². The summed E-state index contributed by atoms with van der Waals surface area (Å²) in [5, 5.41) is 3.36. The Balaban J connectivity index is 0.00000625. The van der Waals surface area contributed by atoms with Crippen LogP contribution in [0.3, 0.4) is 0 Å². The SMILES string of the molecule is CN=C(NCCCN(C)C)N1CCN(S(=O)(=O)CCOC(C)C)CC1.I. The molecule has 0 aliphatic carbocycles. The molecule has 1 N–H and O–H groups in total. The Hall–Kier alpha value is -0.170. The van der Waals surface area contributed by atoms with Crippen LogP contribution in [0.5, 0.6) is 0 Å². The zero-order chi connectivity index (χ0) is 18.9. The molecule has 1 aliphatic heterocycles. The van der Waals surface area contributed by atoms with Gasteiger partial charge >= 0.3 is 0 Å². The first kappa shape index (κ1) is 25.8. The number of hydrogen-bond donors (Lipinski definition) is 1. The molecule has 1 fully saturated rings. The van der Waals surface area contributed by atoms with Crippen LogP contribution in [-0.2, 0) is 14.8 Å². The molecule has 0 radical (unpaired) electrons. The minimum absolute atomic E-state index is 0. The fourth-order valence-corrected chi connectivity index (χ4v) is 3.91. The van der Waals surface area contributed by atoms with Crippen molar-refractivity contribution in [2.75, 3.05) is 72.8 Å². The topological polar surface area (TPSA) is 77.5 Å². The van der Waals surface area contributed by atoms with Crippen LogP contribution in [0.1, 0.15) is 20.3 Å². The largest absolute Gasteiger partial charge is 0.378 e. The van der Waals surface area contributed by atoms with Gasteiger partial charge in [0.2, 0.25) is 10.0 Å². The molecule has 0 unspecified atom stereocenters. The van der Waals surface area contributed by atoms with Crippen LogP contribution in [0.4, 0.5) is 0 Å². The van der Waals surface area contributed by atoms with Gasteiger partial charge in [-0.3, -0.25) is 4.99 Å². The smallest absolute Gasteiger partial charge is 0.216 e. The minimum Gasteiger partial charge on any atom is -0.378 e. The van der Waals surface area contributed by atoms with E-state index >= 15 is 0 Å². The van der Waals surface area contributed by atoms with Gasteiger partial charge in [-0.05, 0) is 40.9 Å². The van der Waals surface area contributed by atoms with Crippen molar-refractivity contribution >= 4 is 40.0 Å². The standard InChI is InChI=1S/C16H35N5O3S.HI/c1-15(2)24-13-14-25(22,23)21-11-9-20(10-12-21)16(17-3)18-7-6-8-19(4)5;/h15H,6-14H2,1-5H3,(H,17,18);1H. The summed E-state index contributed by atoms with van der Waals surface area (Å²) in [5.74, 6) is 0.891. The Kier molecular flexibility index (Phi) is 13.0. The number of hydrogen-bond acceptors (Lipinski definition) is 5. The molecule has 0 aromatic carbocycles. The van der Waals surface area contributed by atoms with Gasteiger partial charge in [-0.2, -0.15) is 4.31 Å². The molecule has 0 atom stereocenters. The molecule has 1 rings (SSSR count). The van der Waals surface area contributed by atoms with E-state index < -0.39 is 10.0 Å². The van der Waals surface area contributed by atoms with Crippen LogP contribution in [0.2, 0.25) is 0 Å². The quantitative estimate of drug-likeness (QED) is 0.213. The van der Waals surface area contributed by atoms with Crippen molar-refractivity contribution in [1.29, 1.82) is 0 Å². The maximum Gasteiger partial charge on any atom is 0.216 e. The van der Waals surface area contributed by atoms with E-state index in [0.717, 1.165) is 25.5 Å². The molecular formula is C16H36IN5O3S. The first-order chi connectivity index (χ1) is 11.8. The number of nitrogens with zero attached hydrogens (tertiary/aromatic N) is 4. The lowest BCUT2D eigenvalue weighted by Crippen LogP contribution is -2.54. The third-order valence-corrected chi connectivity index (χ3v) is 5.84. The molecule has 1 aliphatic rings. The van der Waals surface area contributed by atoms with Gasteiger partial charge in [0.15, 0.2) is 5.96 Å². The van der Waals surface area contributed by atoms with Crippen LogP contribution in [0.15, 0.2) is 4.99 Å². The summed E-state index contributed by atoms with van der Waals surface area (Å²) >= 11 is 0. The number of aliphatic imine (C=N–C) groups is 1. The van der Waals surface area contributed by atoms with Crippen LogP contribution in [0, 0.1) is 0 Å². The van der Waals surface area contributed by atoms with Crippen molar-refractivity contribution in [3.8, 4) is 0 Å². The summed E-state index contributed by atoms with van der Waals surface area (Å²) in [6.45, 7) is 8.21. The molecule has 8 nitrogen and oxygen atoms in total. The highest BCUT2D eigenvalue weighted by molar-refractivity contribution is 14.0. The van der Waals surface area contributed by atoms with Crippen molar-refractivity contribution in [1.82, 2.24) is 19.4 Å². The third kappa shape index (κ3) is 9.67. The van der Waals surface area contributed by atoms with E-state index in [9.17, 15) is 8.42 Å². The molecule has 1 saturated heterocycles. The highest BCUT2D eigenvalue weighted by atomic mass is 127. The second-order valence-electron chi connectivity index (χ2n) is 6.75. The van der Waals surface area contributed by atoms with Gasteiger partial charge in [-0.25, -0.2) is 8.42 Å². The molecule has 0 saturated carbocycles. The average Bonchev–Trinajstić information content (AvgIpc) is 2.54. The van der Waals surface area contributed by atoms with E-state index in [0.29, 0.717) is 26.2 Å². The van der Waals surface area contributed by atoms with Gasteiger partial charge in [0.1, 0.15) is 0 Å². The Bertz CT molecular complexity index is 506. The first-order valence-corrected chi connectivity index (χ1v) is 10.6. The van der Waals surface area contributed by atoms with Gasteiger partial charge < -0.3 is 19.9 Å². The average molecular weight is 505 g/mol. The lowest BCUT2D eigenvalue weighted by atomic mass is 10.3. The van der Waals surface area contributed by atoms with E-state index in [4.69, 9.17) is 4.74 Å². The van der Waals surface area contributed by atoms with E-state index in [-0.39, 0.29) is 42.4 Å². The molecule has 0 aromatic rings. The Morgan fingerprint density at radius 2 is 1.85 bits per heavy atom. The number of sulfonamides is 1. The summed E-state index contributed by atoms with van der Waals surface area (Å²) in [4.78, 5) is 8.58. The highest BCUT2D eigenvalue weighted by Gasteiger charge is 2.27. The zero-order valence-corrected chi connectivity index (χ0v) is 19.9. The Morgan fingerprint density at radius 1 is 1.23 bits per heavy atom. The van der Waals surface area contributed by atoms with Gasteiger partial charge in [-0.1, -0.05) is 0 Å². The number of rotatable bonds is 9. The monoisotopic (exact) mass is 505 g/mol. The first-order valence-electron chi connectivity index (χ1n) is 8.96. The number of halogens is 1. The van der Waals surface area contributed by atoms with Crippen molar-refractivity contribution in [2.24, 2.45) is 4.99 Å². The molecule has 0 amide bonds. The maximum absolute atomic E-state index is 12.4. The highest BCUT2D eigenvalue weighted by Crippen LogP contribution is 2.09. The number of ether oxygens (including phenoxy) is 1. The number of piperazine rings is 1. The predicted molar refractivity (Wildman–Crippen MR) is 118 cm³/mol. The van der Waals surface area contributed by atoms with Crippen molar-refractivity contribution < 1.29 is 13.2 Å². The van der Waals surface area contributed by atoms with Crippen LogP contribution in [0.25, 0.3) is 0 Å². The summed E-state index contributed by atoms with van der Waals surface area (Å²) < 4.78 is 31.7. The number of nitrogens with one attached hydrogen (secondary N) is 1. The Morgan fingerprint density at radius 3 is 2.35 bits per heavy atom. The molecule has 26 heavy (non-hydrogen) atoms. The predicted octanol–water partition coefficient (Wildman–Crippen LogP) is 0.504. The molecule has 10 heteroatoms. The van der Waals surface area contributed by atoms with E-state index in [2.05, 4.69) is 34.2 Å². The van der Waals surface area contributed by atoms with E-state index in [1.54, 1.807) is 11.4 Å². The lowest BCUT2D eigenvalue weighted by Gasteiger charge is -2.35. The van der Waals surface area contributed by atoms with Crippen molar-refractivity contribution in [3.63, 3.8) is 0 Å². The van der Waals surface area contributed by atoms with Gasteiger partial charge in [0.05, 0.1) is 18.5 Å². The van der Waals surface area contributed by atoms with Crippen molar-refractivity contribution in [3.05, 3.63) is 0 Å².